The third-order valence-corrected chi connectivity index (χ3v) is 2.11. The monoisotopic (exact) mass is 221 g/mol. The van der Waals surface area contributed by atoms with E-state index in [9.17, 15) is 0 Å². The van der Waals surface area contributed by atoms with Crippen LogP contribution in [0.2, 0.25) is 0 Å². The number of hydrogen-bond acceptors (Lipinski definition) is 3. The lowest BCUT2D eigenvalue weighted by molar-refractivity contribution is 1.01. The minimum Gasteiger partial charge on any atom is -0.317 e. The molecule has 2 aromatic rings. The first-order chi connectivity index (χ1) is 6.75. The van der Waals surface area contributed by atoms with E-state index >= 15 is 0 Å². The molecular weight excluding hydrogens is 214 g/mol. The molecule has 70 valence electrons. The summed E-state index contributed by atoms with van der Waals surface area (Å²) >= 11 is 9.90. The van der Waals surface area contributed by atoms with Crippen LogP contribution in [0.5, 0.6) is 0 Å². The average Bonchev–Trinajstić information content (AvgIpc) is 2.18. The largest absolute Gasteiger partial charge is 0.317 e. The zero-order valence-corrected chi connectivity index (χ0v) is 8.78. The minimum atomic E-state index is 0.396. The summed E-state index contributed by atoms with van der Waals surface area (Å²) in [6.45, 7) is 0. The first kappa shape index (κ1) is 9.23. The Morgan fingerprint density at radius 1 is 1.00 bits per heavy atom. The van der Waals surface area contributed by atoms with Gasteiger partial charge in [-0.2, -0.15) is 0 Å². The molecular formula is C9H7N3S2. The number of benzene rings is 1. The Kier molecular flexibility index (Phi) is 2.51. The van der Waals surface area contributed by atoms with Gasteiger partial charge in [0.15, 0.2) is 4.77 Å². The van der Waals surface area contributed by atoms with Crippen molar-refractivity contribution in [1.82, 2.24) is 15.0 Å². The Hall–Kier alpha value is -1.33. The summed E-state index contributed by atoms with van der Waals surface area (Å²) in [5, 5.41) is 0. The van der Waals surface area contributed by atoms with Crippen molar-refractivity contribution in [1.29, 1.82) is 0 Å². The summed E-state index contributed by atoms with van der Waals surface area (Å²) in [7, 11) is 0. The van der Waals surface area contributed by atoms with Crippen LogP contribution in [0.25, 0.3) is 11.4 Å². The van der Waals surface area contributed by atoms with E-state index in [4.69, 9.17) is 24.4 Å². The highest BCUT2D eigenvalue weighted by atomic mass is 32.1. The Morgan fingerprint density at radius 2 is 1.71 bits per heavy atom. The SMILES string of the molecule is S=c1nc(-c2ccccc2)[nH]c(=S)[nH]1. The fraction of sp³-hybridized carbons (Fsp3) is 0. The molecule has 0 saturated carbocycles. The summed E-state index contributed by atoms with van der Waals surface area (Å²) in [5.41, 5.74) is 0.971. The number of nitrogens with one attached hydrogen (secondary N) is 2. The van der Waals surface area contributed by atoms with Crippen LogP contribution >= 0.6 is 24.4 Å². The topological polar surface area (TPSA) is 44.5 Å². The van der Waals surface area contributed by atoms with E-state index in [-0.39, 0.29) is 0 Å². The molecule has 2 rings (SSSR count). The number of H-pyrrole nitrogens is 2. The van der Waals surface area contributed by atoms with Crippen molar-refractivity contribution in [2.45, 2.75) is 0 Å². The Balaban J connectivity index is 2.64. The molecule has 0 fully saturated rings. The second-order valence-corrected chi connectivity index (χ2v) is 3.51. The molecule has 0 spiro atoms. The molecule has 0 amide bonds. The first-order valence-electron chi connectivity index (χ1n) is 4.02. The summed E-state index contributed by atoms with van der Waals surface area (Å²) in [4.78, 5) is 9.83. The van der Waals surface area contributed by atoms with Gasteiger partial charge in [-0.15, -0.1) is 0 Å². The van der Waals surface area contributed by atoms with Crippen LogP contribution in [0.3, 0.4) is 0 Å². The van der Waals surface area contributed by atoms with Crippen molar-refractivity contribution in [2.75, 3.05) is 0 Å². The van der Waals surface area contributed by atoms with Crippen LogP contribution in [0.1, 0.15) is 0 Å². The molecule has 1 aromatic heterocycles. The zero-order chi connectivity index (χ0) is 9.97. The maximum absolute atomic E-state index is 4.97. The van der Waals surface area contributed by atoms with E-state index in [0.29, 0.717) is 15.4 Å². The molecule has 0 aliphatic heterocycles. The van der Waals surface area contributed by atoms with E-state index in [0.717, 1.165) is 5.56 Å². The highest BCUT2D eigenvalue weighted by Crippen LogP contribution is 2.11. The van der Waals surface area contributed by atoms with Crippen molar-refractivity contribution < 1.29 is 0 Å². The molecule has 1 aromatic carbocycles. The Bertz CT molecular complexity index is 513. The predicted molar refractivity (Wildman–Crippen MR) is 60.0 cm³/mol. The maximum atomic E-state index is 4.97. The van der Waals surface area contributed by atoms with Gasteiger partial charge < -0.3 is 9.97 Å². The lowest BCUT2D eigenvalue weighted by atomic mass is 10.2. The lowest BCUT2D eigenvalue weighted by Crippen LogP contribution is -1.92. The van der Waals surface area contributed by atoms with Gasteiger partial charge in [0.25, 0.3) is 0 Å². The molecule has 0 aliphatic rings. The van der Waals surface area contributed by atoms with Crippen molar-refractivity contribution >= 4 is 24.4 Å². The molecule has 3 nitrogen and oxygen atoms in total. The highest BCUT2D eigenvalue weighted by Gasteiger charge is 1.97. The van der Waals surface area contributed by atoms with Gasteiger partial charge in [-0.1, -0.05) is 30.3 Å². The molecule has 0 radical (unpaired) electrons. The molecule has 0 unspecified atom stereocenters. The normalized spacial score (nSPS) is 10.0. The van der Waals surface area contributed by atoms with Crippen LogP contribution in [-0.2, 0) is 0 Å². The van der Waals surface area contributed by atoms with E-state index in [1.54, 1.807) is 0 Å². The number of aromatic amines is 2. The second kappa shape index (κ2) is 3.81. The molecule has 2 N–H and O–H groups in total. The van der Waals surface area contributed by atoms with Gasteiger partial charge >= 0.3 is 0 Å². The third-order valence-electron chi connectivity index (χ3n) is 1.71. The summed E-state index contributed by atoms with van der Waals surface area (Å²) in [5.74, 6) is 0.694. The van der Waals surface area contributed by atoms with Crippen molar-refractivity contribution in [2.24, 2.45) is 0 Å². The van der Waals surface area contributed by atoms with Gasteiger partial charge in [0.2, 0.25) is 4.77 Å². The van der Waals surface area contributed by atoms with Crippen molar-refractivity contribution in [3.8, 4) is 11.4 Å². The fourth-order valence-electron chi connectivity index (χ4n) is 1.13. The van der Waals surface area contributed by atoms with E-state index < -0.39 is 0 Å². The molecule has 0 bridgehead atoms. The van der Waals surface area contributed by atoms with Crippen molar-refractivity contribution in [3.63, 3.8) is 0 Å². The second-order valence-electron chi connectivity index (χ2n) is 2.71. The molecule has 1 heterocycles. The summed E-state index contributed by atoms with van der Waals surface area (Å²) in [6, 6.07) is 9.72. The van der Waals surface area contributed by atoms with Crippen molar-refractivity contribution in [3.05, 3.63) is 39.9 Å². The quantitative estimate of drug-likeness (QED) is 0.728. The van der Waals surface area contributed by atoms with Crippen LogP contribution < -0.4 is 0 Å². The van der Waals surface area contributed by atoms with Crippen LogP contribution in [0.15, 0.2) is 30.3 Å². The summed E-state index contributed by atoms with van der Waals surface area (Å²) in [6.07, 6.45) is 0. The van der Waals surface area contributed by atoms with E-state index in [1.165, 1.54) is 0 Å². The molecule has 0 aliphatic carbocycles. The first-order valence-corrected chi connectivity index (χ1v) is 4.83. The lowest BCUT2D eigenvalue weighted by Gasteiger charge is -1.99. The Morgan fingerprint density at radius 3 is 2.36 bits per heavy atom. The number of aromatic nitrogens is 3. The van der Waals surface area contributed by atoms with Gasteiger partial charge in [-0.3, -0.25) is 0 Å². The number of rotatable bonds is 1. The number of hydrogen-bond donors (Lipinski definition) is 2. The molecule has 0 saturated heterocycles. The van der Waals surface area contributed by atoms with E-state index in [2.05, 4.69) is 15.0 Å². The van der Waals surface area contributed by atoms with Gasteiger partial charge in [0, 0.05) is 5.56 Å². The minimum absolute atomic E-state index is 0.396. The van der Waals surface area contributed by atoms with E-state index in [1.807, 2.05) is 30.3 Å². The van der Waals surface area contributed by atoms with Gasteiger partial charge in [0.1, 0.15) is 5.82 Å². The smallest absolute Gasteiger partial charge is 0.200 e. The Labute approximate surface area is 90.9 Å². The van der Waals surface area contributed by atoms with Gasteiger partial charge in [-0.25, -0.2) is 4.98 Å². The van der Waals surface area contributed by atoms with Gasteiger partial charge in [-0.05, 0) is 24.4 Å². The van der Waals surface area contributed by atoms with Crippen LogP contribution in [-0.4, -0.2) is 15.0 Å². The van der Waals surface area contributed by atoms with Crippen LogP contribution in [0, 0.1) is 9.54 Å². The van der Waals surface area contributed by atoms with Gasteiger partial charge in [0.05, 0.1) is 0 Å². The number of nitrogens with zero attached hydrogens (tertiary/aromatic N) is 1. The standard InChI is InChI=1S/C9H7N3S2/c13-8-10-7(11-9(14)12-8)6-4-2-1-3-5-6/h1-5H,(H2,10,11,12,13,14). The molecule has 5 heteroatoms. The third kappa shape index (κ3) is 1.94. The molecule has 14 heavy (non-hydrogen) atoms. The predicted octanol–water partition coefficient (Wildman–Crippen LogP) is 2.86. The average molecular weight is 221 g/mol. The van der Waals surface area contributed by atoms with Crippen LogP contribution in [0.4, 0.5) is 0 Å². The fourth-order valence-corrected chi connectivity index (χ4v) is 1.58. The zero-order valence-electron chi connectivity index (χ0n) is 7.15. The highest BCUT2D eigenvalue weighted by molar-refractivity contribution is 7.71. The summed E-state index contributed by atoms with van der Waals surface area (Å²) < 4.78 is 0.886. The molecule has 0 atom stereocenters. The maximum Gasteiger partial charge on any atom is 0.200 e.